The van der Waals surface area contributed by atoms with Gasteiger partial charge in [0.05, 0.1) is 33.4 Å². The fourth-order valence-corrected chi connectivity index (χ4v) is 6.91. The number of aliphatic imine (C=N–C) groups is 1. The highest BCUT2D eigenvalue weighted by atomic mass is 35.5. The van der Waals surface area contributed by atoms with Crippen molar-refractivity contribution < 1.29 is 0 Å². The normalized spacial score (nSPS) is 14.7. The zero-order chi connectivity index (χ0) is 28.5. The monoisotopic (exact) mass is 572 g/mol. The van der Waals surface area contributed by atoms with Gasteiger partial charge in [0.15, 0.2) is 11.3 Å². The Labute approximate surface area is 253 Å². The first-order valence-corrected chi connectivity index (χ1v) is 14.9. The van der Waals surface area contributed by atoms with E-state index in [1.165, 1.54) is 38.1 Å². The molecule has 2 aromatic heterocycles. The van der Waals surface area contributed by atoms with E-state index in [2.05, 4.69) is 130 Å². The van der Waals surface area contributed by atoms with Gasteiger partial charge in [-0.15, -0.1) is 0 Å². The van der Waals surface area contributed by atoms with Crippen LogP contribution in [0.2, 0.25) is 0 Å². The molecule has 4 nitrogen and oxygen atoms in total. The van der Waals surface area contributed by atoms with Crippen LogP contribution in [-0.4, -0.2) is 20.5 Å². The van der Waals surface area contributed by atoms with Crippen molar-refractivity contribution >= 4 is 72.4 Å². The van der Waals surface area contributed by atoms with Crippen molar-refractivity contribution in [1.82, 2.24) is 9.13 Å². The summed E-state index contributed by atoms with van der Waals surface area (Å²) in [6.07, 6.45) is 0. The number of aromatic nitrogens is 2. The van der Waals surface area contributed by atoms with Gasteiger partial charge in [-0.2, -0.15) is 0 Å². The number of nitrogens with zero attached hydrogens (tertiary/aromatic N) is 3. The lowest BCUT2D eigenvalue weighted by atomic mass is 10.0. The summed E-state index contributed by atoms with van der Waals surface area (Å²) in [4.78, 5) is 5.06. The number of fused-ring (bicyclic) bond motifs is 7. The van der Waals surface area contributed by atoms with Crippen molar-refractivity contribution in [2.24, 2.45) is 4.99 Å². The predicted molar refractivity (Wildman–Crippen MR) is 181 cm³/mol. The van der Waals surface area contributed by atoms with Gasteiger partial charge in [0, 0.05) is 27.2 Å². The molecule has 0 spiro atoms. The summed E-state index contributed by atoms with van der Waals surface area (Å²) in [5.41, 5.74) is 9.38. The predicted octanol–water partition coefficient (Wildman–Crippen LogP) is 10.1. The number of rotatable bonds is 2. The van der Waals surface area contributed by atoms with E-state index in [0.717, 1.165) is 39.5 Å². The van der Waals surface area contributed by atoms with Crippen LogP contribution in [0.5, 0.6) is 0 Å². The van der Waals surface area contributed by atoms with E-state index >= 15 is 0 Å². The summed E-state index contributed by atoms with van der Waals surface area (Å²) in [5.74, 6) is 0.769. The number of benzene rings is 6. The van der Waals surface area contributed by atoms with E-state index in [0.29, 0.717) is 0 Å². The van der Waals surface area contributed by atoms with Crippen LogP contribution in [-0.2, 0) is 0 Å². The molecule has 1 aliphatic heterocycles. The Bertz CT molecular complexity index is 2400. The smallest absolute Gasteiger partial charge is 0.161 e. The number of hydrogen-bond donors (Lipinski definition) is 1. The molecule has 0 fully saturated rings. The Kier molecular flexibility index (Phi) is 5.28. The molecule has 9 rings (SSSR count). The number of para-hydroxylation sites is 5. The maximum absolute atomic E-state index is 6.97. The Morgan fingerprint density at radius 3 is 1.95 bits per heavy atom. The standard InChI is InChI=1S/C38H25ClN4/c39-37-38(41-32-15-7-6-14-31(32)40-37)43-34-17-9-4-12-27(34)29-20-18-25(23-36(29)43)24-19-21-35-30(22-24)28-13-5-8-16-33(28)42(35)26-10-2-1-3-11-26/h1-23,37,40H. The van der Waals surface area contributed by atoms with Crippen LogP contribution >= 0.6 is 11.6 Å². The fourth-order valence-electron chi connectivity index (χ4n) is 6.64. The molecular weight excluding hydrogens is 548 g/mol. The molecular formula is C38H25ClN4. The van der Waals surface area contributed by atoms with Crippen molar-refractivity contribution in [3.05, 3.63) is 140 Å². The number of anilines is 1. The Hall–Kier alpha value is -5.32. The summed E-state index contributed by atoms with van der Waals surface area (Å²) >= 11 is 6.97. The zero-order valence-electron chi connectivity index (χ0n) is 23.1. The van der Waals surface area contributed by atoms with Gasteiger partial charge in [-0.25, -0.2) is 4.99 Å². The summed E-state index contributed by atoms with van der Waals surface area (Å²) in [6, 6.07) is 49.3. The third-order valence-corrected chi connectivity index (χ3v) is 8.88. The highest BCUT2D eigenvalue weighted by molar-refractivity contribution is 6.36. The lowest BCUT2D eigenvalue weighted by Gasteiger charge is -2.24. The molecule has 1 N–H and O–H groups in total. The maximum Gasteiger partial charge on any atom is 0.161 e. The molecule has 3 heterocycles. The van der Waals surface area contributed by atoms with Gasteiger partial charge in [0.1, 0.15) is 0 Å². The molecule has 0 saturated heterocycles. The van der Waals surface area contributed by atoms with Crippen molar-refractivity contribution in [2.45, 2.75) is 5.50 Å². The first kappa shape index (κ1) is 24.3. The van der Waals surface area contributed by atoms with Gasteiger partial charge >= 0.3 is 0 Å². The molecule has 1 atom stereocenters. The van der Waals surface area contributed by atoms with E-state index in [4.69, 9.17) is 16.6 Å². The van der Waals surface area contributed by atoms with Crippen LogP contribution < -0.4 is 5.32 Å². The minimum atomic E-state index is -0.474. The lowest BCUT2D eigenvalue weighted by Crippen LogP contribution is -2.32. The number of hydrogen-bond acceptors (Lipinski definition) is 2. The summed E-state index contributed by atoms with van der Waals surface area (Å²) in [6.45, 7) is 0. The van der Waals surface area contributed by atoms with E-state index in [-0.39, 0.29) is 0 Å². The lowest BCUT2D eigenvalue weighted by molar-refractivity contribution is 1.11. The largest absolute Gasteiger partial charge is 0.361 e. The maximum atomic E-state index is 6.97. The zero-order valence-corrected chi connectivity index (χ0v) is 23.8. The van der Waals surface area contributed by atoms with Gasteiger partial charge in [-0.05, 0) is 65.7 Å². The van der Waals surface area contributed by atoms with Crippen molar-refractivity contribution in [3.63, 3.8) is 0 Å². The highest BCUT2D eigenvalue weighted by Crippen LogP contribution is 2.39. The summed E-state index contributed by atoms with van der Waals surface area (Å²) in [5, 5.41) is 8.26. The van der Waals surface area contributed by atoms with Crippen LogP contribution in [0.25, 0.3) is 60.4 Å². The molecule has 1 aliphatic rings. The summed E-state index contributed by atoms with van der Waals surface area (Å²) < 4.78 is 4.57. The SMILES string of the molecule is ClC1Nc2ccccc2N=C1n1c2ccccc2c2ccc(-c3ccc4c(c3)c3ccccc3n4-c3ccccc3)cc21. The van der Waals surface area contributed by atoms with Gasteiger partial charge in [-0.3, -0.25) is 4.57 Å². The average Bonchev–Trinajstić information content (AvgIpc) is 3.57. The molecule has 6 aromatic carbocycles. The second kappa shape index (κ2) is 9.35. The first-order chi connectivity index (χ1) is 21.2. The van der Waals surface area contributed by atoms with Gasteiger partial charge in [-0.1, -0.05) is 96.5 Å². The third-order valence-electron chi connectivity index (χ3n) is 8.57. The Morgan fingerprint density at radius 2 is 1.12 bits per heavy atom. The van der Waals surface area contributed by atoms with Gasteiger partial charge < -0.3 is 9.88 Å². The van der Waals surface area contributed by atoms with E-state index < -0.39 is 5.50 Å². The molecule has 204 valence electrons. The molecule has 0 saturated carbocycles. The van der Waals surface area contributed by atoms with Crippen LogP contribution in [0.1, 0.15) is 0 Å². The molecule has 0 amide bonds. The van der Waals surface area contributed by atoms with Crippen molar-refractivity contribution in [1.29, 1.82) is 0 Å². The molecule has 1 unspecified atom stereocenters. The van der Waals surface area contributed by atoms with Crippen molar-refractivity contribution in [2.75, 3.05) is 5.32 Å². The molecule has 8 aromatic rings. The minimum absolute atomic E-state index is 0.474. The molecule has 43 heavy (non-hydrogen) atoms. The summed E-state index contributed by atoms with van der Waals surface area (Å²) in [7, 11) is 0. The Balaban J connectivity index is 1.27. The molecule has 0 bridgehead atoms. The highest BCUT2D eigenvalue weighted by Gasteiger charge is 2.25. The molecule has 5 heteroatoms. The molecule has 0 radical (unpaired) electrons. The van der Waals surface area contributed by atoms with Gasteiger partial charge in [0.2, 0.25) is 0 Å². The van der Waals surface area contributed by atoms with E-state index in [9.17, 15) is 0 Å². The van der Waals surface area contributed by atoms with E-state index in [1.807, 2.05) is 24.3 Å². The quantitative estimate of drug-likeness (QED) is 0.162. The van der Waals surface area contributed by atoms with Crippen LogP contribution in [0.15, 0.2) is 145 Å². The topological polar surface area (TPSA) is 34.2 Å². The average molecular weight is 573 g/mol. The second-order valence-corrected chi connectivity index (χ2v) is 11.4. The number of halogens is 1. The second-order valence-electron chi connectivity index (χ2n) is 11.0. The molecule has 0 aliphatic carbocycles. The first-order valence-electron chi connectivity index (χ1n) is 14.5. The van der Waals surface area contributed by atoms with Gasteiger partial charge in [0.25, 0.3) is 0 Å². The van der Waals surface area contributed by atoms with Crippen LogP contribution in [0.3, 0.4) is 0 Å². The number of alkyl halides is 1. The minimum Gasteiger partial charge on any atom is -0.361 e. The fraction of sp³-hybridized carbons (Fsp3) is 0.0263. The van der Waals surface area contributed by atoms with E-state index in [1.54, 1.807) is 0 Å². The van der Waals surface area contributed by atoms with Crippen LogP contribution in [0, 0.1) is 0 Å². The third kappa shape index (κ3) is 3.67. The van der Waals surface area contributed by atoms with Crippen LogP contribution in [0.4, 0.5) is 11.4 Å². The Morgan fingerprint density at radius 1 is 0.512 bits per heavy atom. The van der Waals surface area contributed by atoms with Crippen molar-refractivity contribution in [3.8, 4) is 16.8 Å². The number of nitrogens with one attached hydrogen (secondary N) is 1.